The highest BCUT2D eigenvalue weighted by molar-refractivity contribution is 6.06. The van der Waals surface area contributed by atoms with Gasteiger partial charge in [0.1, 0.15) is 0 Å². The van der Waals surface area contributed by atoms with E-state index >= 15 is 0 Å². The lowest BCUT2D eigenvalue weighted by Gasteiger charge is -2.35. The van der Waals surface area contributed by atoms with Gasteiger partial charge in [0.05, 0.1) is 0 Å². The molecular formula is C34H48. The number of rotatable bonds is 2. The molecular weight excluding hydrogens is 408 g/mol. The molecule has 0 aromatic heterocycles. The van der Waals surface area contributed by atoms with Crippen LogP contribution in [0.3, 0.4) is 0 Å². The zero-order valence-electron chi connectivity index (χ0n) is 21.1. The van der Waals surface area contributed by atoms with E-state index in [0.29, 0.717) is 5.92 Å². The van der Waals surface area contributed by atoms with Gasteiger partial charge in [-0.3, -0.25) is 0 Å². The summed E-state index contributed by atoms with van der Waals surface area (Å²) in [7, 11) is 0. The smallest absolute Gasteiger partial charge is 0.0120 e. The number of benzene rings is 3. The van der Waals surface area contributed by atoms with Crippen molar-refractivity contribution in [2.75, 3.05) is 0 Å². The fourth-order valence-corrected chi connectivity index (χ4v) is 6.39. The molecule has 2 aliphatic carbocycles. The molecule has 0 saturated heterocycles. The molecule has 2 atom stereocenters. The van der Waals surface area contributed by atoms with E-state index in [2.05, 4.69) is 95.3 Å². The minimum Gasteiger partial charge on any atom is -0.0879 e. The highest BCUT2D eigenvalue weighted by atomic mass is 14.5. The van der Waals surface area contributed by atoms with Crippen LogP contribution in [0, 0.1) is 17.8 Å². The Bertz CT molecular complexity index is 1190. The van der Waals surface area contributed by atoms with Crippen molar-refractivity contribution >= 4 is 27.1 Å². The van der Waals surface area contributed by atoms with Gasteiger partial charge in [0.15, 0.2) is 0 Å². The van der Waals surface area contributed by atoms with Crippen LogP contribution in [0.1, 0.15) is 93.7 Å². The first-order valence-electron chi connectivity index (χ1n) is 12.7. The Morgan fingerprint density at radius 3 is 2.18 bits per heavy atom. The molecule has 0 spiro atoms. The van der Waals surface area contributed by atoms with Crippen molar-refractivity contribution in [2.45, 2.75) is 88.0 Å². The van der Waals surface area contributed by atoms with Crippen molar-refractivity contribution in [1.29, 1.82) is 0 Å². The first kappa shape index (κ1) is 27.9. The molecule has 3 aromatic rings. The van der Waals surface area contributed by atoms with E-state index in [0.717, 1.165) is 18.3 Å². The largest absolute Gasteiger partial charge is 0.0879 e. The van der Waals surface area contributed by atoms with Crippen molar-refractivity contribution in [3.63, 3.8) is 0 Å². The minimum atomic E-state index is 0. The van der Waals surface area contributed by atoms with E-state index in [9.17, 15) is 0 Å². The zero-order valence-corrected chi connectivity index (χ0v) is 21.1. The van der Waals surface area contributed by atoms with Crippen molar-refractivity contribution in [2.24, 2.45) is 17.8 Å². The van der Waals surface area contributed by atoms with Crippen LogP contribution < -0.4 is 0 Å². The number of hydrogen-bond donors (Lipinski definition) is 0. The van der Waals surface area contributed by atoms with Crippen LogP contribution in [-0.4, -0.2) is 0 Å². The van der Waals surface area contributed by atoms with Crippen LogP contribution in [0.15, 0.2) is 66.3 Å². The van der Waals surface area contributed by atoms with Crippen molar-refractivity contribution < 1.29 is 0 Å². The summed E-state index contributed by atoms with van der Waals surface area (Å²) in [6.07, 6.45) is 8.49. The lowest BCUT2D eigenvalue weighted by molar-refractivity contribution is 0.313. The fourth-order valence-electron chi connectivity index (χ4n) is 6.39. The van der Waals surface area contributed by atoms with Gasteiger partial charge in [0.25, 0.3) is 0 Å². The highest BCUT2D eigenvalue weighted by Crippen LogP contribution is 2.55. The molecule has 34 heavy (non-hydrogen) atoms. The second-order valence-electron chi connectivity index (χ2n) is 10.5. The topological polar surface area (TPSA) is 0 Å². The van der Waals surface area contributed by atoms with E-state index in [1.807, 2.05) is 13.8 Å². The Kier molecular flexibility index (Phi) is 8.98. The summed E-state index contributed by atoms with van der Waals surface area (Å²) >= 11 is 0. The van der Waals surface area contributed by atoms with E-state index < -0.39 is 0 Å². The van der Waals surface area contributed by atoms with Gasteiger partial charge in [-0.15, -0.1) is 0 Å². The van der Waals surface area contributed by atoms with Crippen LogP contribution >= 0.6 is 0 Å². The normalized spacial score (nSPS) is 21.4. The predicted molar refractivity (Wildman–Crippen MR) is 157 cm³/mol. The molecule has 0 amide bonds. The Labute approximate surface area is 210 Å². The third kappa shape index (κ3) is 4.61. The summed E-state index contributed by atoms with van der Waals surface area (Å²) in [5.74, 6) is 2.09. The van der Waals surface area contributed by atoms with Gasteiger partial charge < -0.3 is 0 Å². The van der Waals surface area contributed by atoms with Gasteiger partial charge in [0, 0.05) is 5.41 Å². The van der Waals surface area contributed by atoms with Crippen LogP contribution in [0.5, 0.6) is 0 Å². The summed E-state index contributed by atoms with van der Waals surface area (Å²) in [4.78, 5) is 0. The van der Waals surface area contributed by atoms with Crippen LogP contribution in [-0.2, 0) is 5.41 Å². The monoisotopic (exact) mass is 456 g/mol. The molecule has 2 aliphatic rings. The van der Waals surface area contributed by atoms with Gasteiger partial charge >= 0.3 is 0 Å². The maximum absolute atomic E-state index is 2.51. The molecule has 2 unspecified atom stereocenters. The first-order chi connectivity index (χ1) is 15.4. The van der Waals surface area contributed by atoms with Gasteiger partial charge in [-0.1, -0.05) is 117 Å². The van der Waals surface area contributed by atoms with Crippen molar-refractivity contribution in [3.8, 4) is 0 Å². The van der Waals surface area contributed by atoms with E-state index in [-0.39, 0.29) is 20.3 Å². The molecule has 0 radical (unpaired) electrons. The van der Waals surface area contributed by atoms with Gasteiger partial charge in [0.2, 0.25) is 0 Å². The van der Waals surface area contributed by atoms with Gasteiger partial charge in [-0.25, -0.2) is 0 Å². The van der Waals surface area contributed by atoms with Crippen LogP contribution in [0.2, 0.25) is 0 Å². The molecule has 0 bridgehead atoms. The summed E-state index contributed by atoms with van der Waals surface area (Å²) in [6.45, 7) is 16.2. The molecule has 0 N–H and O–H groups in total. The quantitative estimate of drug-likeness (QED) is 0.266. The van der Waals surface area contributed by atoms with Gasteiger partial charge in [-0.2, -0.15) is 0 Å². The summed E-state index contributed by atoms with van der Waals surface area (Å²) in [6, 6.07) is 18.4. The lowest BCUT2D eigenvalue weighted by Crippen LogP contribution is -2.27. The Hall–Kier alpha value is -2.34. The zero-order chi connectivity index (χ0) is 23.0. The molecule has 3 aromatic carbocycles. The Balaban J connectivity index is 0.000000995. The molecule has 5 rings (SSSR count). The van der Waals surface area contributed by atoms with E-state index in [4.69, 9.17) is 0 Å². The fraction of sp³-hybridized carbons (Fsp3) is 0.471. The molecule has 184 valence electrons. The highest BCUT2D eigenvalue weighted by Gasteiger charge is 2.42. The molecule has 0 aliphatic heterocycles. The van der Waals surface area contributed by atoms with Gasteiger partial charge in [-0.05, 0) is 87.4 Å². The second kappa shape index (κ2) is 10.9. The third-order valence-electron chi connectivity index (χ3n) is 7.72. The van der Waals surface area contributed by atoms with Crippen molar-refractivity contribution in [3.05, 3.63) is 77.4 Å². The standard InChI is InChI=1S/C30H34.C2H6.2CH4/c1-19(2)16-21-10-8-9-13-25-28-26-18-23-12-7-6-11-22(23)17-24(26)14-15-27(28)30(4,5)29(25)20(21)3;1-2;;/h6-9,11-12,14-15,17-21H,10,13,16H2,1-5H3;1-2H3;2*1H4/b9-8-;;;. The number of allylic oxidation sites excluding steroid dienone is 4. The van der Waals surface area contributed by atoms with Crippen molar-refractivity contribution in [1.82, 2.24) is 0 Å². The number of hydrogen-bond acceptors (Lipinski definition) is 0. The minimum absolute atomic E-state index is 0. The molecule has 0 heterocycles. The van der Waals surface area contributed by atoms with E-state index in [1.54, 1.807) is 11.1 Å². The Morgan fingerprint density at radius 1 is 0.882 bits per heavy atom. The number of fused-ring (bicyclic) bond motifs is 5. The predicted octanol–water partition coefficient (Wildman–Crippen LogP) is 11.0. The summed E-state index contributed by atoms with van der Waals surface area (Å²) in [5.41, 5.74) is 6.46. The molecule has 0 fully saturated rings. The maximum atomic E-state index is 2.51. The average molecular weight is 457 g/mol. The van der Waals surface area contributed by atoms with E-state index in [1.165, 1.54) is 45.5 Å². The lowest BCUT2D eigenvalue weighted by atomic mass is 9.69. The summed E-state index contributed by atoms with van der Waals surface area (Å²) in [5, 5.41) is 5.48. The first-order valence-corrected chi connectivity index (χ1v) is 12.7. The second-order valence-corrected chi connectivity index (χ2v) is 10.5. The summed E-state index contributed by atoms with van der Waals surface area (Å²) < 4.78 is 0. The maximum Gasteiger partial charge on any atom is 0.0120 e. The average Bonchev–Trinajstić information content (AvgIpc) is 3.00. The SMILES string of the molecule is C.C.CC.CC(C)CC1C/C=C\CC2=C(C1C)C(C)(C)c1ccc3cc4ccccc4cc3c12. The third-order valence-corrected chi connectivity index (χ3v) is 7.72. The molecule has 0 nitrogen and oxygen atoms in total. The Morgan fingerprint density at radius 2 is 1.53 bits per heavy atom. The van der Waals surface area contributed by atoms with Crippen LogP contribution in [0.25, 0.3) is 27.1 Å². The van der Waals surface area contributed by atoms with Crippen LogP contribution in [0.4, 0.5) is 0 Å². The molecule has 0 heteroatoms. The molecule has 0 saturated carbocycles.